The zero-order valence-corrected chi connectivity index (χ0v) is 33.0. The summed E-state index contributed by atoms with van der Waals surface area (Å²) in [5.41, 5.74) is 0.00283. The van der Waals surface area contributed by atoms with Crippen LogP contribution < -0.4 is 20.5 Å². The van der Waals surface area contributed by atoms with E-state index in [4.69, 9.17) is 28.8 Å². The van der Waals surface area contributed by atoms with Gasteiger partial charge in [-0.05, 0) is 85.3 Å². The molecule has 16 nitrogen and oxygen atoms in total. The molecule has 6 heterocycles. The molecular weight excluding hydrogens is 798 g/mol. The summed E-state index contributed by atoms with van der Waals surface area (Å²) in [6, 6.07) is 3.09. The summed E-state index contributed by atoms with van der Waals surface area (Å²) in [7, 11) is 0. The van der Waals surface area contributed by atoms with Gasteiger partial charge in [0, 0.05) is 11.1 Å². The number of hydrogen-bond donors (Lipinski definition) is 4. The molecule has 1 amide bonds. The maximum absolute atomic E-state index is 13.8. The summed E-state index contributed by atoms with van der Waals surface area (Å²) in [5, 5.41) is 37.4. The summed E-state index contributed by atoms with van der Waals surface area (Å²) in [5.74, 6) is -2.11. The van der Waals surface area contributed by atoms with Gasteiger partial charge >= 0.3 is 18.4 Å². The average molecular weight is 845 g/mol. The second-order valence-corrected chi connectivity index (χ2v) is 15.2. The highest BCUT2D eigenvalue weighted by Crippen LogP contribution is 2.45. The number of nitrogens with one attached hydrogen (secondary N) is 1. The van der Waals surface area contributed by atoms with Gasteiger partial charge in [-0.2, -0.15) is 26.3 Å². The van der Waals surface area contributed by atoms with Gasteiger partial charge < -0.3 is 39.0 Å². The molecule has 0 saturated heterocycles. The van der Waals surface area contributed by atoms with E-state index in [0.717, 1.165) is 0 Å². The molecule has 8 bridgehead atoms. The van der Waals surface area contributed by atoms with Crippen molar-refractivity contribution >= 4 is 17.5 Å². The number of rotatable bonds is 1. The van der Waals surface area contributed by atoms with E-state index in [0.29, 0.717) is 68.7 Å². The number of alkyl halides is 6. The smallest absolute Gasteiger partial charge is 0.426 e. The van der Waals surface area contributed by atoms with E-state index >= 15 is 0 Å². The monoisotopic (exact) mass is 844 g/mol. The van der Waals surface area contributed by atoms with E-state index in [1.165, 1.54) is 6.07 Å². The maximum atomic E-state index is 13.8. The molecule has 0 radical (unpaired) electrons. The molecule has 5 N–H and O–H groups in total. The number of aliphatic hydroxyl groups is 2. The van der Waals surface area contributed by atoms with E-state index < -0.39 is 65.8 Å². The number of fused-ring (bicyclic) bond motifs is 10. The molecule has 2 atom stereocenters. The number of anilines is 2. The number of hydrogen-bond acceptors (Lipinski definition) is 15. The minimum atomic E-state index is -5.03. The number of nitrogens with zero attached hydrogens (tertiary/aromatic N) is 6. The molecule has 0 spiro atoms. The van der Waals surface area contributed by atoms with E-state index in [1.807, 2.05) is 0 Å². The van der Waals surface area contributed by atoms with Crippen LogP contribution in [0, 0.1) is 13.8 Å². The summed E-state index contributed by atoms with van der Waals surface area (Å²) in [6.45, 7) is 9.17. The molecule has 6 rings (SSSR count). The van der Waals surface area contributed by atoms with Crippen LogP contribution in [0.25, 0.3) is 23.2 Å². The van der Waals surface area contributed by atoms with Crippen LogP contribution >= 0.6 is 0 Å². The highest BCUT2D eigenvalue weighted by molar-refractivity contribution is 5.89. The molecule has 2 aliphatic rings. The van der Waals surface area contributed by atoms with Crippen LogP contribution in [0.1, 0.15) is 108 Å². The second kappa shape index (κ2) is 17.5. The first kappa shape index (κ1) is 44.8. The predicted octanol–water partition coefficient (Wildman–Crippen LogP) is 7.99. The van der Waals surface area contributed by atoms with Gasteiger partial charge in [0.2, 0.25) is 23.0 Å². The number of ether oxygens (including phenoxy) is 3. The Hall–Kier alpha value is -5.25. The number of aromatic nitrogens is 6. The molecule has 0 saturated carbocycles. The Bertz CT molecular complexity index is 2090. The fourth-order valence-corrected chi connectivity index (χ4v) is 6.07. The molecule has 0 aromatic carbocycles. The normalized spacial score (nSPS) is 20.7. The zero-order chi connectivity index (χ0) is 43.4. The van der Waals surface area contributed by atoms with Crippen LogP contribution in [0.15, 0.2) is 21.0 Å². The Kier molecular flexibility index (Phi) is 13.3. The Morgan fingerprint density at radius 2 is 1.15 bits per heavy atom. The topological polar surface area (TPSA) is 227 Å². The lowest BCUT2D eigenvalue weighted by Gasteiger charge is -2.27. The van der Waals surface area contributed by atoms with Crippen LogP contribution in [0.2, 0.25) is 0 Å². The number of carbonyl (C=O) groups excluding carboxylic acids is 1. The standard InChI is InChI=1S/C21H27F3N4O5.C16H19F3N4O3/c1-12-11-13(25-18(29)33-19(2,3)4)14-16-27-28-17(32-16)20(30,21(22,23)24)9-7-5-6-8-10-31-15(12)26-14;1-9-8-10(20)11-13-22-23-14(26-13)15(24,16(17,18)19)6-4-2-3-5-7-25-12(9)21-11/h11,30H,5-10H2,1-4H3,(H,25,29);8,24H,2-7,20H2,1H3/t20-;15-/m11/s1. The Morgan fingerprint density at radius 1 is 0.712 bits per heavy atom. The van der Waals surface area contributed by atoms with Crippen molar-refractivity contribution in [1.82, 2.24) is 30.4 Å². The maximum Gasteiger partial charge on any atom is 0.426 e. The Balaban J connectivity index is 0.000000230. The molecule has 2 aliphatic heterocycles. The van der Waals surface area contributed by atoms with Gasteiger partial charge in [0.1, 0.15) is 5.60 Å². The van der Waals surface area contributed by atoms with Crippen LogP contribution in [-0.2, 0) is 15.9 Å². The van der Waals surface area contributed by atoms with Gasteiger partial charge in [0.25, 0.3) is 23.6 Å². The first-order chi connectivity index (χ1) is 27.5. The Morgan fingerprint density at radius 3 is 1.63 bits per heavy atom. The third-order valence-electron chi connectivity index (χ3n) is 9.24. The summed E-state index contributed by atoms with van der Waals surface area (Å²) in [6.07, 6.45) is -8.26. The van der Waals surface area contributed by atoms with Crippen LogP contribution in [0.5, 0.6) is 11.8 Å². The first-order valence-electron chi connectivity index (χ1n) is 18.8. The van der Waals surface area contributed by atoms with Crippen molar-refractivity contribution in [1.29, 1.82) is 0 Å². The van der Waals surface area contributed by atoms with E-state index in [-0.39, 0.29) is 47.4 Å². The van der Waals surface area contributed by atoms with Crippen LogP contribution in [0.3, 0.4) is 0 Å². The van der Waals surface area contributed by atoms with Gasteiger partial charge in [-0.3, -0.25) is 5.32 Å². The molecule has 0 aliphatic carbocycles. The minimum Gasteiger partial charge on any atom is -0.477 e. The van der Waals surface area contributed by atoms with Crippen molar-refractivity contribution in [3.8, 4) is 34.9 Å². The van der Waals surface area contributed by atoms with Crippen molar-refractivity contribution in [2.75, 3.05) is 24.3 Å². The van der Waals surface area contributed by atoms with Crippen molar-refractivity contribution in [2.24, 2.45) is 0 Å². The quantitative estimate of drug-likeness (QED) is 0.133. The summed E-state index contributed by atoms with van der Waals surface area (Å²) >= 11 is 0. The lowest BCUT2D eigenvalue weighted by atomic mass is 9.95. The predicted molar refractivity (Wildman–Crippen MR) is 196 cm³/mol. The summed E-state index contributed by atoms with van der Waals surface area (Å²) < 4.78 is 109. The van der Waals surface area contributed by atoms with Crippen molar-refractivity contribution in [3.05, 3.63) is 35.0 Å². The van der Waals surface area contributed by atoms with Crippen molar-refractivity contribution in [2.45, 2.75) is 128 Å². The van der Waals surface area contributed by atoms with E-state index in [9.17, 15) is 41.4 Å². The average Bonchev–Trinajstić information content (AvgIpc) is 3.82. The lowest BCUT2D eigenvalue weighted by Crippen LogP contribution is -2.42. The van der Waals surface area contributed by atoms with Crippen LogP contribution in [0.4, 0.5) is 42.5 Å². The number of carbonyl (C=O) groups is 1. The number of pyridine rings is 2. The third-order valence-corrected chi connectivity index (χ3v) is 9.24. The fourth-order valence-electron chi connectivity index (χ4n) is 6.07. The number of nitrogens with two attached hydrogens (primary N) is 1. The van der Waals surface area contributed by atoms with Gasteiger partial charge in [-0.25, -0.2) is 14.8 Å². The number of halogens is 6. The fraction of sp³-hybridized carbons (Fsp3) is 0.595. The largest absolute Gasteiger partial charge is 0.477 e. The molecule has 4 aromatic rings. The molecule has 0 unspecified atom stereocenters. The third kappa shape index (κ3) is 10.5. The molecule has 22 heteroatoms. The molecule has 4 aromatic heterocycles. The second-order valence-electron chi connectivity index (χ2n) is 15.2. The molecule has 59 heavy (non-hydrogen) atoms. The first-order valence-corrected chi connectivity index (χ1v) is 18.8. The SMILES string of the molecule is Cc1cc(N)c2nc1OCCCCCC[C@](O)(C(F)(F)F)c1nnc-2o1.Cc1cc(NC(=O)OC(C)(C)C)c2nc1OCCCCCC[C@](O)(C(F)(F)F)c1nnc-2o1. The molecule has 0 fully saturated rings. The lowest BCUT2D eigenvalue weighted by molar-refractivity contribution is -0.277. The highest BCUT2D eigenvalue weighted by atomic mass is 19.4. The number of nitrogen functional groups attached to an aromatic ring is 1. The number of aryl methyl sites for hydroxylation is 2. The van der Waals surface area contributed by atoms with Crippen molar-refractivity contribution < 1.29 is 64.4 Å². The van der Waals surface area contributed by atoms with Gasteiger partial charge in [0.05, 0.1) is 24.6 Å². The van der Waals surface area contributed by atoms with E-state index in [1.54, 1.807) is 40.7 Å². The molecule has 324 valence electrons. The minimum absolute atomic E-state index is 0.0194. The highest BCUT2D eigenvalue weighted by Gasteiger charge is 2.59. The van der Waals surface area contributed by atoms with Crippen LogP contribution in [-0.4, -0.2) is 77.8 Å². The number of amides is 1. The van der Waals surface area contributed by atoms with E-state index in [2.05, 4.69) is 35.7 Å². The van der Waals surface area contributed by atoms with Gasteiger partial charge in [-0.15, -0.1) is 20.4 Å². The zero-order valence-electron chi connectivity index (χ0n) is 33.0. The Labute approximate surface area is 334 Å². The van der Waals surface area contributed by atoms with Gasteiger partial charge in [-0.1, -0.05) is 25.7 Å². The van der Waals surface area contributed by atoms with Crippen molar-refractivity contribution in [3.63, 3.8) is 0 Å². The van der Waals surface area contributed by atoms with Gasteiger partial charge in [0.15, 0.2) is 11.4 Å². The molecular formula is C37H46F6N8O8. The summed E-state index contributed by atoms with van der Waals surface area (Å²) in [4.78, 5) is 20.8.